The zero-order valence-electron chi connectivity index (χ0n) is 2.74. The van der Waals surface area contributed by atoms with Crippen molar-refractivity contribution in [2.45, 2.75) is 0 Å². The van der Waals surface area contributed by atoms with E-state index < -0.39 is 0 Å². The van der Waals surface area contributed by atoms with Gasteiger partial charge in [-0.3, -0.25) is 0 Å². The van der Waals surface area contributed by atoms with Crippen LogP contribution in [0, 0.1) is 0 Å². The molecule has 0 fully saturated rings. The summed E-state index contributed by atoms with van der Waals surface area (Å²) in [5, 5.41) is 7.74. The van der Waals surface area contributed by atoms with Gasteiger partial charge in [-0.05, 0) is 0 Å². The van der Waals surface area contributed by atoms with E-state index in [1.165, 1.54) is 0 Å². The van der Waals surface area contributed by atoms with Gasteiger partial charge in [0.15, 0.2) is 0 Å². The average molecular weight is 98.5 g/mol. The Bertz CT molecular complexity index is 9.61. The summed E-state index contributed by atoms with van der Waals surface area (Å²) in [6.45, 7) is 0.0849. The van der Waals surface area contributed by atoms with Crippen molar-refractivity contribution in [3.8, 4) is 0 Å². The van der Waals surface area contributed by atoms with Gasteiger partial charge in [0.2, 0.25) is 0 Å². The van der Waals surface area contributed by atoms with Crippen LogP contribution in [0.4, 0.5) is 0 Å². The van der Waals surface area contributed by atoms with E-state index in [0.29, 0.717) is 5.88 Å². The maximum Gasteiger partial charge on any atom is 0.0566 e. The Kier molecular flexibility index (Phi) is 15.9. The molecule has 3 N–H and O–H groups in total. The largest absolute Gasteiger partial charge is 0.412 e. The molecule has 0 aliphatic carbocycles. The number of alkyl halides is 1. The second-order valence-electron chi connectivity index (χ2n) is 0.413. The van der Waals surface area contributed by atoms with Gasteiger partial charge in [-0.15, -0.1) is 11.6 Å². The lowest BCUT2D eigenvalue weighted by Crippen LogP contribution is -1.76. The van der Waals surface area contributed by atoms with Crippen LogP contribution in [-0.4, -0.2) is 23.1 Å². The highest BCUT2D eigenvalue weighted by atomic mass is 35.5. The van der Waals surface area contributed by atoms with Gasteiger partial charge in [0, 0.05) is 5.88 Å². The van der Waals surface area contributed by atoms with Crippen molar-refractivity contribution < 1.29 is 10.6 Å². The van der Waals surface area contributed by atoms with Gasteiger partial charge in [-0.25, -0.2) is 0 Å². The third-order valence-corrected chi connectivity index (χ3v) is 0.254. The molecular weight excluding hydrogens is 91.5 g/mol. The molecule has 0 saturated carbocycles. The fourth-order valence-electron chi connectivity index (χ4n) is 0. The average Bonchev–Trinajstić information content (AvgIpc) is 1.37. The van der Waals surface area contributed by atoms with Crippen molar-refractivity contribution in [3.63, 3.8) is 0 Å². The summed E-state index contributed by atoms with van der Waals surface area (Å²) in [5.41, 5.74) is 0. The Morgan fingerprint density at radius 3 is 1.80 bits per heavy atom. The van der Waals surface area contributed by atoms with Crippen LogP contribution < -0.4 is 0 Å². The van der Waals surface area contributed by atoms with Crippen LogP contribution in [0.15, 0.2) is 0 Å². The lowest BCUT2D eigenvalue weighted by atomic mass is 10.9. The van der Waals surface area contributed by atoms with Gasteiger partial charge < -0.3 is 10.6 Å². The quantitative estimate of drug-likeness (QED) is 0.437. The molecule has 0 aliphatic rings. The molecule has 2 nitrogen and oxygen atoms in total. The number of hydrogen-bond acceptors (Lipinski definition) is 1. The molecule has 5 heavy (non-hydrogen) atoms. The number of aliphatic hydroxyl groups excluding tert-OH is 1. The van der Waals surface area contributed by atoms with Crippen molar-refractivity contribution in [1.29, 1.82) is 0 Å². The molecular formula is C2H7ClO2. The third kappa shape index (κ3) is 14.0. The van der Waals surface area contributed by atoms with Gasteiger partial charge in [-0.2, -0.15) is 0 Å². The summed E-state index contributed by atoms with van der Waals surface area (Å²) < 4.78 is 0. The molecule has 0 amide bonds. The normalized spacial score (nSPS) is 6.00. The fraction of sp³-hybridized carbons (Fsp3) is 1.00. The first kappa shape index (κ1) is 8.96. The smallest absolute Gasteiger partial charge is 0.0566 e. The van der Waals surface area contributed by atoms with Crippen molar-refractivity contribution in [1.82, 2.24) is 0 Å². The zero-order valence-corrected chi connectivity index (χ0v) is 3.50. The van der Waals surface area contributed by atoms with Gasteiger partial charge in [-0.1, -0.05) is 0 Å². The first-order chi connectivity index (χ1) is 1.91. The zero-order chi connectivity index (χ0) is 3.41. The van der Waals surface area contributed by atoms with E-state index in [1.54, 1.807) is 0 Å². The summed E-state index contributed by atoms with van der Waals surface area (Å²) in [6.07, 6.45) is 0. The molecule has 0 rings (SSSR count). The molecule has 0 saturated heterocycles. The molecule has 34 valence electrons. The Morgan fingerprint density at radius 2 is 1.80 bits per heavy atom. The number of hydrogen-bond donors (Lipinski definition) is 1. The van der Waals surface area contributed by atoms with Crippen molar-refractivity contribution >= 4 is 11.6 Å². The molecule has 0 aromatic carbocycles. The third-order valence-electron chi connectivity index (χ3n) is 0.0845. The van der Waals surface area contributed by atoms with Crippen LogP contribution in [0.5, 0.6) is 0 Å². The van der Waals surface area contributed by atoms with Crippen LogP contribution >= 0.6 is 11.6 Å². The SMILES string of the molecule is O.OCCCl. The lowest BCUT2D eigenvalue weighted by molar-refractivity contribution is 0.321. The summed E-state index contributed by atoms with van der Waals surface area (Å²) in [4.78, 5) is 0. The topological polar surface area (TPSA) is 51.7 Å². The monoisotopic (exact) mass is 98.0 g/mol. The standard InChI is InChI=1S/C2H5ClO.H2O/c3-1-2-4;/h4H,1-2H2;1H2. The minimum atomic E-state index is 0. The van der Waals surface area contributed by atoms with Crippen LogP contribution in [-0.2, 0) is 0 Å². The second-order valence-corrected chi connectivity index (χ2v) is 0.791. The predicted octanol–water partition coefficient (Wildman–Crippen LogP) is -0.607. The highest BCUT2D eigenvalue weighted by molar-refractivity contribution is 6.17. The van der Waals surface area contributed by atoms with Crippen molar-refractivity contribution in [2.24, 2.45) is 0 Å². The van der Waals surface area contributed by atoms with Crippen molar-refractivity contribution in [2.75, 3.05) is 12.5 Å². The summed E-state index contributed by atoms with van der Waals surface area (Å²) >= 11 is 4.94. The van der Waals surface area contributed by atoms with Crippen molar-refractivity contribution in [3.05, 3.63) is 0 Å². The molecule has 0 spiro atoms. The Morgan fingerprint density at radius 1 is 1.60 bits per heavy atom. The first-order valence-electron chi connectivity index (χ1n) is 1.08. The summed E-state index contributed by atoms with van der Waals surface area (Å²) in [6, 6.07) is 0. The molecule has 3 heteroatoms. The van der Waals surface area contributed by atoms with E-state index >= 15 is 0 Å². The molecule has 0 aliphatic heterocycles. The molecule has 0 aromatic rings. The van der Waals surface area contributed by atoms with Gasteiger partial charge in [0.25, 0.3) is 0 Å². The Hall–Kier alpha value is 0.210. The van der Waals surface area contributed by atoms with Gasteiger partial charge in [0.1, 0.15) is 0 Å². The van der Waals surface area contributed by atoms with E-state index in [9.17, 15) is 0 Å². The minimum absolute atomic E-state index is 0. The Balaban J connectivity index is 0. The summed E-state index contributed by atoms with van der Waals surface area (Å²) in [7, 11) is 0. The highest BCUT2D eigenvalue weighted by Gasteiger charge is 1.60. The Labute approximate surface area is 35.7 Å². The van der Waals surface area contributed by atoms with Crippen LogP contribution in [0.3, 0.4) is 0 Å². The highest BCUT2D eigenvalue weighted by Crippen LogP contribution is 1.63. The van der Waals surface area contributed by atoms with Crippen LogP contribution in [0.2, 0.25) is 0 Å². The maximum absolute atomic E-state index is 7.74. The maximum atomic E-state index is 7.74. The van der Waals surface area contributed by atoms with Gasteiger partial charge in [0.05, 0.1) is 6.61 Å². The number of aliphatic hydroxyl groups is 1. The van der Waals surface area contributed by atoms with E-state index in [2.05, 4.69) is 0 Å². The van der Waals surface area contributed by atoms with E-state index in [1.807, 2.05) is 0 Å². The fourth-order valence-corrected chi connectivity index (χ4v) is 0. The first-order valence-corrected chi connectivity index (χ1v) is 1.62. The molecule has 0 heterocycles. The van der Waals surface area contributed by atoms with Gasteiger partial charge >= 0.3 is 0 Å². The second kappa shape index (κ2) is 8.88. The molecule has 0 radical (unpaired) electrons. The lowest BCUT2D eigenvalue weighted by Gasteiger charge is -1.67. The predicted molar refractivity (Wildman–Crippen MR) is 21.4 cm³/mol. The van der Waals surface area contributed by atoms with E-state index in [-0.39, 0.29) is 12.1 Å². The molecule has 0 aromatic heterocycles. The molecule has 0 unspecified atom stereocenters. The number of rotatable bonds is 1. The molecule has 0 bridgehead atoms. The minimum Gasteiger partial charge on any atom is -0.412 e. The number of halogens is 1. The summed E-state index contributed by atoms with van der Waals surface area (Å²) in [5.74, 6) is 0.347. The van der Waals surface area contributed by atoms with E-state index in [4.69, 9.17) is 16.7 Å². The van der Waals surface area contributed by atoms with E-state index in [0.717, 1.165) is 0 Å². The molecule has 0 atom stereocenters. The van der Waals surface area contributed by atoms with Crippen LogP contribution in [0.1, 0.15) is 0 Å². The van der Waals surface area contributed by atoms with Crippen LogP contribution in [0.25, 0.3) is 0 Å².